The number of nitrogens with zero attached hydrogens (tertiary/aromatic N) is 3. The minimum Gasteiger partial charge on any atom is -0.343 e. The number of carbonyl (C=O) groups excluding carboxylic acids is 2. The summed E-state index contributed by atoms with van der Waals surface area (Å²) in [5.74, 6) is -0.296. The van der Waals surface area contributed by atoms with Gasteiger partial charge >= 0.3 is 0 Å². The Morgan fingerprint density at radius 3 is 2.57 bits per heavy atom. The first-order valence-electron chi connectivity index (χ1n) is 9.42. The van der Waals surface area contributed by atoms with Crippen LogP contribution in [0.4, 0.5) is 0 Å². The summed E-state index contributed by atoms with van der Waals surface area (Å²) in [5.41, 5.74) is 2.25. The summed E-state index contributed by atoms with van der Waals surface area (Å²) in [5, 5.41) is 9.38. The minimum atomic E-state index is -0.268. The van der Waals surface area contributed by atoms with Crippen LogP contribution in [0.1, 0.15) is 28.8 Å². The molecule has 0 unspecified atom stereocenters. The van der Waals surface area contributed by atoms with Crippen LogP contribution >= 0.6 is 11.3 Å². The van der Waals surface area contributed by atoms with Crippen LogP contribution in [-0.4, -0.2) is 46.1 Å². The molecule has 1 fully saturated rings. The van der Waals surface area contributed by atoms with Gasteiger partial charge in [0.2, 0.25) is 5.91 Å². The molecule has 4 rings (SSSR count). The third kappa shape index (κ3) is 4.14. The first kappa shape index (κ1) is 18.4. The van der Waals surface area contributed by atoms with E-state index in [-0.39, 0.29) is 18.4 Å². The number of rotatable bonds is 6. The zero-order valence-electron chi connectivity index (χ0n) is 15.5. The summed E-state index contributed by atoms with van der Waals surface area (Å²) in [6.07, 6.45) is 3.83. The summed E-state index contributed by atoms with van der Waals surface area (Å²) < 4.78 is 1.78. The number of amides is 2. The molecule has 144 valence electrons. The van der Waals surface area contributed by atoms with Crippen molar-refractivity contribution >= 4 is 23.2 Å². The maximum atomic E-state index is 12.8. The predicted molar refractivity (Wildman–Crippen MR) is 109 cm³/mol. The molecule has 1 aliphatic rings. The molecule has 0 bridgehead atoms. The Balaban J connectivity index is 1.52. The van der Waals surface area contributed by atoms with E-state index in [1.807, 2.05) is 47.8 Å². The Hall–Kier alpha value is -2.93. The van der Waals surface area contributed by atoms with E-state index in [4.69, 9.17) is 0 Å². The van der Waals surface area contributed by atoms with E-state index in [9.17, 15) is 9.59 Å². The van der Waals surface area contributed by atoms with E-state index in [1.165, 1.54) is 0 Å². The van der Waals surface area contributed by atoms with Gasteiger partial charge in [0.25, 0.3) is 5.91 Å². The summed E-state index contributed by atoms with van der Waals surface area (Å²) in [6, 6.07) is 13.9. The number of thiophene rings is 1. The zero-order chi connectivity index (χ0) is 19.3. The molecular formula is C21H22N4O2S. The smallest absolute Gasteiger partial charge is 0.255 e. The van der Waals surface area contributed by atoms with Gasteiger partial charge in [-0.05, 0) is 29.9 Å². The van der Waals surface area contributed by atoms with Gasteiger partial charge in [-0.3, -0.25) is 14.3 Å². The standard InChI is InChI=1S/C21H22N4O2S/c26-19(24-10-4-5-11-24)13-22-21(27)17-15-25(14-16-7-2-1-3-8-16)23-20(17)18-9-6-12-28-18/h1-3,6-9,12,15H,4-5,10-11,13-14H2,(H,22,27). The average Bonchev–Trinajstić information content (AvgIpc) is 3.47. The SMILES string of the molecule is O=C(NCC(=O)N1CCCC1)c1cn(Cc2ccccc2)nc1-c1cccs1. The lowest BCUT2D eigenvalue weighted by Gasteiger charge is -2.15. The first-order chi connectivity index (χ1) is 13.7. The molecule has 0 saturated carbocycles. The largest absolute Gasteiger partial charge is 0.343 e. The molecule has 3 heterocycles. The van der Waals surface area contributed by atoms with Crippen LogP contribution in [0.2, 0.25) is 0 Å². The fourth-order valence-electron chi connectivity index (χ4n) is 3.36. The summed E-state index contributed by atoms with van der Waals surface area (Å²) in [6.45, 7) is 2.17. The van der Waals surface area contributed by atoms with E-state index in [0.29, 0.717) is 17.8 Å². The Morgan fingerprint density at radius 1 is 1.07 bits per heavy atom. The van der Waals surface area contributed by atoms with Gasteiger partial charge in [0.15, 0.2) is 0 Å². The zero-order valence-corrected chi connectivity index (χ0v) is 16.3. The number of benzene rings is 1. The molecule has 1 saturated heterocycles. The maximum absolute atomic E-state index is 12.8. The molecule has 7 heteroatoms. The molecule has 2 amide bonds. The molecule has 0 aliphatic carbocycles. The average molecular weight is 395 g/mol. The summed E-state index contributed by atoms with van der Waals surface area (Å²) >= 11 is 1.54. The third-order valence-corrected chi connectivity index (χ3v) is 5.68. The molecule has 0 atom stereocenters. The van der Waals surface area contributed by atoms with Gasteiger partial charge in [-0.15, -0.1) is 11.3 Å². The van der Waals surface area contributed by atoms with Crippen molar-refractivity contribution in [3.05, 3.63) is 65.2 Å². The van der Waals surface area contributed by atoms with Crippen LogP contribution in [0.25, 0.3) is 10.6 Å². The number of hydrogen-bond acceptors (Lipinski definition) is 4. The van der Waals surface area contributed by atoms with Crippen LogP contribution in [-0.2, 0) is 11.3 Å². The van der Waals surface area contributed by atoms with Gasteiger partial charge in [-0.25, -0.2) is 0 Å². The van der Waals surface area contributed by atoms with Crippen molar-refractivity contribution < 1.29 is 9.59 Å². The van der Waals surface area contributed by atoms with E-state index < -0.39 is 0 Å². The predicted octanol–water partition coefficient (Wildman–Crippen LogP) is 3.01. The maximum Gasteiger partial charge on any atom is 0.255 e. The minimum absolute atomic E-state index is 0.0204. The highest BCUT2D eigenvalue weighted by Gasteiger charge is 2.22. The molecule has 0 radical (unpaired) electrons. The van der Waals surface area contributed by atoms with Gasteiger partial charge in [-0.1, -0.05) is 36.4 Å². The van der Waals surface area contributed by atoms with Gasteiger partial charge in [-0.2, -0.15) is 5.10 Å². The summed E-state index contributed by atoms with van der Waals surface area (Å²) in [4.78, 5) is 27.8. The molecule has 1 aliphatic heterocycles. The van der Waals surface area contributed by atoms with E-state index in [1.54, 1.807) is 27.1 Å². The third-order valence-electron chi connectivity index (χ3n) is 4.81. The second-order valence-electron chi connectivity index (χ2n) is 6.82. The Bertz CT molecular complexity index is 944. The van der Waals surface area contributed by atoms with Gasteiger partial charge in [0.05, 0.1) is 23.5 Å². The molecular weight excluding hydrogens is 372 g/mol. The van der Waals surface area contributed by atoms with Crippen LogP contribution in [0, 0.1) is 0 Å². The monoisotopic (exact) mass is 394 g/mol. The second-order valence-corrected chi connectivity index (χ2v) is 7.77. The molecule has 1 N–H and O–H groups in total. The number of hydrogen-bond donors (Lipinski definition) is 1. The Kier molecular flexibility index (Phi) is 5.53. The number of likely N-dealkylation sites (tertiary alicyclic amines) is 1. The fraction of sp³-hybridized carbons (Fsp3) is 0.286. The van der Waals surface area contributed by atoms with Gasteiger partial charge < -0.3 is 10.2 Å². The lowest BCUT2D eigenvalue weighted by atomic mass is 10.2. The quantitative estimate of drug-likeness (QED) is 0.699. The molecule has 1 aromatic carbocycles. The number of nitrogens with one attached hydrogen (secondary N) is 1. The van der Waals surface area contributed by atoms with E-state index in [0.717, 1.165) is 36.4 Å². The van der Waals surface area contributed by atoms with E-state index >= 15 is 0 Å². The molecule has 0 spiro atoms. The van der Waals surface area contributed by atoms with E-state index in [2.05, 4.69) is 10.4 Å². The highest BCUT2D eigenvalue weighted by molar-refractivity contribution is 7.13. The Morgan fingerprint density at radius 2 is 1.86 bits per heavy atom. The van der Waals surface area contributed by atoms with Gasteiger partial charge in [0, 0.05) is 19.3 Å². The molecule has 3 aromatic rings. The fourth-order valence-corrected chi connectivity index (χ4v) is 4.09. The topological polar surface area (TPSA) is 67.2 Å². The van der Waals surface area contributed by atoms with Gasteiger partial charge in [0.1, 0.15) is 5.69 Å². The molecule has 6 nitrogen and oxygen atoms in total. The normalized spacial score (nSPS) is 13.6. The number of carbonyl (C=O) groups is 2. The van der Waals surface area contributed by atoms with Crippen molar-refractivity contribution in [3.8, 4) is 10.6 Å². The summed E-state index contributed by atoms with van der Waals surface area (Å²) in [7, 11) is 0. The van der Waals surface area contributed by atoms with Crippen LogP contribution < -0.4 is 5.32 Å². The Labute approximate surface area is 167 Å². The second kappa shape index (κ2) is 8.39. The number of aromatic nitrogens is 2. The van der Waals surface area contributed by atoms with Crippen molar-refractivity contribution in [3.63, 3.8) is 0 Å². The lowest BCUT2D eigenvalue weighted by Crippen LogP contribution is -2.38. The first-order valence-corrected chi connectivity index (χ1v) is 10.3. The van der Waals surface area contributed by atoms with Crippen molar-refractivity contribution in [2.75, 3.05) is 19.6 Å². The van der Waals surface area contributed by atoms with Crippen molar-refractivity contribution in [2.45, 2.75) is 19.4 Å². The van der Waals surface area contributed by atoms with Crippen LogP contribution in [0.5, 0.6) is 0 Å². The van der Waals surface area contributed by atoms with Crippen molar-refractivity contribution in [1.29, 1.82) is 0 Å². The highest BCUT2D eigenvalue weighted by Crippen LogP contribution is 2.27. The molecule has 28 heavy (non-hydrogen) atoms. The lowest BCUT2D eigenvalue weighted by molar-refractivity contribution is -0.129. The van der Waals surface area contributed by atoms with Crippen molar-refractivity contribution in [2.24, 2.45) is 0 Å². The highest BCUT2D eigenvalue weighted by atomic mass is 32.1. The molecule has 2 aromatic heterocycles. The van der Waals surface area contributed by atoms with Crippen LogP contribution in [0.3, 0.4) is 0 Å². The van der Waals surface area contributed by atoms with Crippen LogP contribution in [0.15, 0.2) is 54.0 Å². The van der Waals surface area contributed by atoms with Crippen molar-refractivity contribution in [1.82, 2.24) is 20.0 Å².